The van der Waals surface area contributed by atoms with Crippen LogP contribution in [0.2, 0.25) is 0 Å². The summed E-state index contributed by atoms with van der Waals surface area (Å²) in [5.41, 5.74) is 1.43. The molecule has 6 heteroatoms. The van der Waals surface area contributed by atoms with E-state index in [1.54, 1.807) is 41.7 Å². The zero-order valence-corrected chi connectivity index (χ0v) is 12.2. The number of hydrogen-bond donors (Lipinski definition) is 0. The molecule has 0 bridgehead atoms. The van der Waals surface area contributed by atoms with E-state index in [0.717, 1.165) is 4.88 Å². The van der Waals surface area contributed by atoms with E-state index in [0.29, 0.717) is 22.6 Å². The first-order valence-corrected chi connectivity index (χ1v) is 7.31. The van der Waals surface area contributed by atoms with Gasteiger partial charge in [0, 0.05) is 6.07 Å². The summed E-state index contributed by atoms with van der Waals surface area (Å²) in [5.74, 6) is 0.185. The first kappa shape index (κ1) is 14.0. The van der Waals surface area contributed by atoms with Gasteiger partial charge < -0.3 is 9.26 Å². The molecule has 0 radical (unpaired) electrons. The molecular formula is C16H10N2O3S. The topological polar surface area (TPSA) is 76.1 Å². The van der Waals surface area contributed by atoms with Gasteiger partial charge in [-0.3, -0.25) is 0 Å². The van der Waals surface area contributed by atoms with Crippen molar-refractivity contribution in [1.82, 2.24) is 5.16 Å². The van der Waals surface area contributed by atoms with Gasteiger partial charge in [0.2, 0.25) is 0 Å². The second-order valence-corrected chi connectivity index (χ2v) is 5.37. The van der Waals surface area contributed by atoms with Crippen LogP contribution in [0.5, 0.6) is 0 Å². The van der Waals surface area contributed by atoms with Crippen LogP contribution in [0.15, 0.2) is 52.4 Å². The summed E-state index contributed by atoms with van der Waals surface area (Å²) in [4.78, 5) is 12.9. The Bertz CT molecular complexity index is 814. The summed E-state index contributed by atoms with van der Waals surface area (Å²) in [7, 11) is 0. The Labute approximate surface area is 130 Å². The zero-order chi connectivity index (χ0) is 15.4. The van der Waals surface area contributed by atoms with Crippen molar-refractivity contribution in [3.05, 3.63) is 64.7 Å². The molecule has 0 saturated carbocycles. The smallest absolute Gasteiger partial charge is 0.338 e. The van der Waals surface area contributed by atoms with Crippen LogP contribution in [0.3, 0.4) is 0 Å². The predicted octanol–water partition coefficient (Wildman–Crippen LogP) is 3.63. The summed E-state index contributed by atoms with van der Waals surface area (Å²) in [6.07, 6.45) is 0. The van der Waals surface area contributed by atoms with Crippen LogP contribution in [-0.2, 0) is 11.3 Å². The highest BCUT2D eigenvalue weighted by atomic mass is 32.1. The van der Waals surface area contributed by atoms with Crippen LogP contribution < -0.4 is 0 Å². The number of esters is 1. The second kappa shape index (κ2) is 6.24. The van der Waals surface area contributed by atoms with Crippen LogP contribution in [0.25, 0.3) is 10.6 Å². The average molecular weight is 310 g/mol. The third kappa shape index (κ3) is 3.05. The molecule has 2 heterocycles. The Morgan fingerprint density at radius 1 is 1.32 bits per heavy atom. The van der Waals surface area contributed by atoms with Crippen molar-refractivity contribution in [2.45, 2.75) is 6.61 Å². The van der Waals surface area contributed by atoms with Gasteiger partial charge in [-0.05, 0) is 35.7 Å². The molecule has 2 aromatic heterocycles. The van der Waals surface area contributed by atoms with Crippen molar-refractivity contribution in [3.63, 3.8) is 0 Å². The highest BCUT2D eigenvalue weighted by Gasteiger charge is 2.11. The van der Waals surface area contributed by atoms with Gasteiger partial charge in [0.1, 0.15) is 12.3 Å². The number of thiophene rings is 1. The van der Waals surface area contributed by atoms with Gasteiger partial charge in [0.25, 0.3) is 0 Å². The SMILES string of the molecule is N#Cc1ccc(C(=O)OCc2cc(-c3cccs3)on2)cc1. The lowest BCUT2D eigenvalue weighted by atomic mass is 10.1. The van der Waals surface area contributed by atoms with E-state index in [9.17, 15) is 4.79 Å². The quantitative estimate of drug-likeness (QED) is 0.688. The first-order valence-electron chi connectivity index (χ1n) is 6.43. The van der Waals surface area contributed by atoms with Gasteiger partial charge in [0.15, 0.2) is 5.76 Å². The number of nitriles is 1. The molecule has 108 valence electrons. The van der Waals surface area contributed by atoms with Crippen LogP contribution in [0.4, 0.5) is 0 Å². The van der Waals surface area contributed by atoms with Gasteiger partial charge >= 0.3 is 5.97 Å². The van der Waals surface area contributed by atoms with Gasteiger partial charge in [-0.15, -0.1) is 11.3 Å². The van der Waals surface area contributed by atoms with E-state index >= 15 is 0 Å². The van der Waals surface area contributed by atoms with Gasteiger partial charge in [0.05, 0.1) is 22.1 Å². The van der Waals surface area contributed by atoms with Gasteiger partial charge in [-0.2, -0.15) is 5.26 Å². The summed E-state index contributed by atoms with van der Waals surface area (Å²) in [6.45, 7) is 0.0354. The summed E-state index contributed by atoms with van der Waals surface area (Å²) in [5, 5.41) is 14.5. The summed E-state index contributed by atoms with van der Waals surface area (Å²) < 4.78 is 10.4. The number of benzene rings is 1. The molecule has 0 spiro atoms. The second-order valence-electron chi connectivity index (χ2n) is 4.43. The van der Waals surface area contributed by atoms with Crippen molar-refractivity contribution in [3.8, 4) is 16.7 Å². The first-order chi connectivity index (χ1) is 10.8. The predicted molar refractivity (Wildman–Crippen MR) is 80.1 cm³/mol. The zero-order valence-electron chi connectivity index (χ0n) is 11.4. The summed E-state index contributed by atoms with van der Waals surface area (Å²) in [6, 6.07) is 13.8. The number of hydrogen-bond acceptors (Lipinski definition) is 6. The number of carbonyl (C=O) groups excluding carboxylic acids is 1. The van der Waals surface area contributed by atoms with Crippen molar-refractivity contribution in [2.75, 3.05) is 0 Å². The monoisotopic (exact) mass is 310 g/mol. The van der Waals surface area contributed by atoms with Crippen molar-refractivity contribution >= 4 is 17.3 Å². The van der Waals surface area contributed by atoms with Crippen LogP contribution >= 0.6 is 11.3 Å². The van der Waals surface area contributed by atoms with E-state index in [4.69, 9.17) is 14.5 Å². The minimum absolute atomic E-state index is 0.0354. The molecular weight excluding hydrogens is 300 g/mol. The minimum Gasteiger partial charge on any atom is -0.455 e. The van der Waals surface area contributed by atoms with E-state index < -0.39 is 5.97 Å². The van der Waals surface area contributed by atoms with Crippen molar-refractivity contribution in [2.24, 2.45) is 0 Å². The molecule has 3 rings (SSSR count). The molecule has 0 aliphatic carbocycles. The molecule has 5 nitrogen and oxygen atoms in total. The van der Waals surface area contributed by atoms with E-state index in [1.165, 1.54) is 0 Å². The lowest BCUT2D eigenvalue weighted by Gasteiger charge is -2.02. The Morgan fingerprint density at radius 2 is 2.14 bits per heavy atom. The molecule has 0 fully saturated rings. The van der Waals surface area contributed by atoms with Gasteiger partial charge in [-0.25, -0.2) is 4.79 Å². The fraction of sp³-hybridized carbons (Fsp3) is 0.0625. The lowest BCUT2D eigenvalue weighted by Crippen LogP contribution is -2.05. The molecule has 1 aromatic carbocycles. The largest absolute Gasteiger partial charge is 0.455 e. The summed E-state index contributed by atoms with van der Waals surface area (Å²) >= 11 is 1.55. The van der Waals surface area contributed by atoms with Crippen LogP contribution in [0, 0.1) is 11.3 Å². The van der Waals surface area contributed by atoms with Crippen molar-refractivity contribution < 1.29 is 14.1 Å². The maximum absolute atomic E-state index is 11.9. The molecule has 0 aliphatic heterocycles. The third-order valence-corrected chi connectivity index (χ3v) is 3.81. The molecule has 0 atom stereocenters. The van der Waals surface area contributed by atoms with Crippen LogP contribution in [0.1, 0.15) is 21.6 Å². The highest BCUT2D eigenvalue weighted by Crippen LogP contribution is 2.25. The molecule has 0 aliphatic rings. The number of carbonyl (C=O) groups is 1. The fourth-order valence-electron chi connectivity index (χ4n) is 1.82. The minimum atomic E-state index is -0.467. The highest BCUT2D eigenvalue weighted by molar-refractivity contribution is 7.13. The lowest BCUT2D eigenvalue weighted by molar-refractivity contribution is 0.0464. The fourth-order valence-corrected chi connectivity index (χ4v) is 2.49. The Balaban J connectivity index is 1.62. The normalized spacial score (nSPS) is 10.1. The van der Waals surface area contributed by atoms with E-state index in [1.807, 2.05) is 23.6 Å². The molecule has 22 heavy (non-hydrogen) atoms. The maximum atomic E-state index is 11.9. The average Bonchev–Trinajstić information content (AvgIpc) is 3.23. The Hall–Kier alpha value is -2.91. The molecule has 0 unspecified atom stereocenters. The molecule has 0 amide bonds. The van der Waals surface area contributed by atoms with Crippen LogP contribution in [-0.4, -0.2) is 11.1 Å². The molecule has 0 saturated heterocycles. The Kier molecular flexibility index (Phi) is 3.99. The molecule has 0 N–H and O–H groups in total. The Morgan fingerprint density at radius 3 is 2.82 bits per heavy atom. The van der Waals surface area contributed by atoms with E-state index in [-0.39, 0.29) is 6.61 Å². The number of nitrogens with zero attached hydrogens (tertiary/aromatic N) is 2. The molecule has 3 aromatic rings. The third-order valence-electron chi connectivity index (χ3n) is 2.92. The number of ether oxygens (including phenoxy) is 1. The maximum Gasteiger partial charge on any atom is 0.338 e. The van der Waals surface area contributed by atoms with Crippen molar-refractivity contribution in [1.29, 1.82) is 5.26 Å². The van der Waals surface area contributed by atoms with E-state index in [2.05, 4.69) is 5.16 Å². The van der Waals surface area contributed by atoms with Gasteiger partial charge in [-0.1, -0.05) is 11.2 Å². The standard InChI is InChI=1S/C16H10N2O3S/c17-9-11-3-5-12(6-4-11)16(19)20-10-13-8-14(21-18-13)15-2-1-7-22-15/h1-8H,10H2. The number of aromatic nitrogens is 1. The number of rotatable bonds is 4.